The highest BCUT2D eigenvalue weighted by Crippen LogP contribution is 2.27. The number of benzene rings is 2. The standard InChI is InChI=1S/C23H32N4O3S/c1-3-24-23(25-11-12-27-13-15-31(28,29)16-14-27)26-18-20-10-9-19(2)17-22(20)30-21-7-5-4-6-8-21/h4-10,17H,3,11-16,18H2,1-2H3,(H2,24,25,26). The number of hydrogen-bond donors (Lipinski definition) is 2. The Morgan fingerprint density at radius 1 is 1.10 bits per heavy atom. The highest BCUT2D eigenvalue weighted by atomic mass is 32.2. The van der Waals surface area contributed by atoms with Crippen molar-refractivity contribution in [1.29, 1.82) is 0 Å². The van der Waals surface area contributed by atoms with Crippen molar-refractivity contribution in [1.82, 2.24) is 15.5 Å². The fourth-order valence-electron chi connectivity index (χ4n) is 3.32. The molecule has 1 saturated heterocycles. The molecule has 2 N–H and O–H groups in total. The molecule has 1 aliphatic heterocycles. The Labute approximate surface area is 185 Å². The molecule has 0 aliphatic carbocycles. The minimum absolute atomic E-state index is 0.249. The Bertz CT molecular complexity index is 964. The normalized spacial score (nSPS) is 16.6. The van der Waals surface area contributed by atoms with Gasteiger partial charge in [-0.3, -0.25) is 4.90 Å². The van der Waals surface area contributed by atoms with E-state index in [1.165, 1.54) is 0 Å². The van der Waals surface area contributed by atoms with Crippen LogP contribution in [0.5, 0.6) is 11.5 Å². The summed E-state index contributed by atoms with van der Waals surface area (Å²) < 4.78 is 29.2. The minimum Gasteiger partial charge on any atom is -0.457 e. The Morgan fingerprint density at radius 3 is 2.55 bits per heavy atom. The molecular weight excluding hydrogens is 412 g/mol. The van der Waals surface area contributed by atoms with Crippen molar-refractivity contribution in [3.8, 4) is 11.5 Å². The van der Waals surface area contributed by atoms with Crippen LogP contribution >= 0.6 is 0 Å². The summed E-state index contributed by atoms with van der Waals surface area (Å²) in [5.74, 6) is 2.84. The van der Waals surface area contributed by atoms with Crippen molar-refractivity contribution in [2.45, 2.75) is 20.4 Å². The van der Waals surface area contributed by atoms with Crippen LogP contribution in [0.2, 0.25) is 0 Å². The van der Waals surface area contributed by atoms with Gasteiger partial charge in [0.1, 0.15) is 11.5 Å². The fourth-order valence-corrected chi connectivity index (χ4v) is 4.59. The Kier molecular flexibility index (Phi) is 8.31. The summed E-state index contributed by atoms with van der Waals surface area (Å²) in [6.07, 6.45) is 0. The molecule has 1 aliphatic rings. The number of nitrogens with zero attached hydrogens (tertiary/aromatic N) is 2. The lowest BCUT2D eigenvalue weighted by atomic mass is 10.1. The molecule has 0 atom stereocenters. The van der Waals surface area contributed by atoms with Gasteiger partial charge in [-0.1, -0.05) is 30.3 Å². The third-order valence-electron chi connectivity index (χ3n) is 5.10. The highest BCUT2D eigenvalue weighted by molar-refractivity contribution is 7.91. The molecule has 0 spiro atoms. The topological polar surface area (TPSA) is 83.0 Å². The van der Waals surface area contributed by atoms with Gasteiger partial charge in [0.25, 0.3) is 0 Å². The molecule has 168 valence electrons. The number of para-hydroxylation sites is 1. The van der Waals surface area contributed by atoms with Crippen LogP contribution in [0.15, 0.2) is 53.5 Å². The molecule has 0 bridgehead atoms. The van der Waals surface area contributed by atoms with E-state index in [0.717, 1.165) is 41.7 Å². The lowest BCUT2D eigenvalue weighted by molar-refractivity contribution is 0.299. The summed E-state index contributed by atoms with van der Waals surface area (Å²) in [5, 5.41) is 6.61. The molecule has 2 aromatic rings. The molecular formula is C23H32N4O3S. The molecule has 1 fully saturated rings. The van der Waals surface area contributed by atoms with Gasteiger partial charge in [0, 0.05) is 38.3 Å². The number of ether oxygens (including phenoxy) is 1. The van der Waals surface area contributed by atoms with Gasteiger partial charge in [-0.15, -0.1) is 0 Å². The van der Waals surface area contributed by atoms with Gasteiger partial charge in [-0.05, 0) is 37.6 Å². The summed E-state index contributed by atoms with van der Waals surface area (Å²) in [7, 11) is -2.84. The zero-order valence-corrected chi connectivity index (χ0v) is 19.1. The lowest BCUT2D eigenvalue weighted by Gasteiger charge is -2.26. The zero-order valence-electron chi connectivity index (χ0n) is 18.3. The first kappa shape index (κ1) is 23.1. The first-order valence-electron chi connectivity index (χ1n) is 10.7. The van der Waals surface area contributed by atoms with Crippen LogP contribution in [0.1, 0.15) is 18.1 Å². The van der Waals surface area contributed by atoms with Crippen molar-refractivity contribution in [2.24, 2.45) is 4.99 Å². The van der Waals surface area contributed by atoms with Gasteiger partial charge < -0.3 is 15.4 Å². The van der Waals surface area contributed by atoms with Gasteiger partial charge in [0.15, 0.2) is 15.8 Å². The Hall–Kier alpha value is -2.58. The SMILES string of the molecule is CCNC(=NCc1ccc(C)cc1Oc1ccccc1)NCCN1CCS(=O)(=O)CC1. The predicted molar refractivity (Wildman–Crippen MR) is 126 cm³/mol. The molecule has 1 heterocycles. The van der Waals surface area contributed by atoms with Gasteiger partial charge in [0.2, 0.25) is 0 Å². The van der Waals surface area contributed by atoms with Crippen molar-refractivity contribution in [3.63, 3.8) is 0 Å². The second-order valence-electron chi connectivity index (χ2n) is 7.64. The third kappa shape index (κ3) is 7.56. The predicted octanol–water partition coefficient (Wildman–Crippen LogP) is 2.57. The quantitative estimate of drug-likeness (QED) is 0.481. The van der Waals surface area contributed by atoms with E-state index in [0.29, 0.717) is 26.2 Å². The average Bonchev–Trinajstić information content (AvgIpc) is 2.75. The third-order valence-corrected chi connectivity index (χ3v) is 6.71. The first-order valence-corrected chi connectivity index (χ1v) is 12.5. The molecule has 0 amide bonds. The van der Waals surface area contributed by atoms with Crippen molar-refractivity contribution in [3.05, 3.63) is 59.7 Å². The van der Waals surface area contributed by atoms with E-state index in [4.69, 9.17) is 9.73 Å². The summed E-state index contributed by atoms with van der Waals surface area (Å²) in [5.41, 5.74) is 2.14. The van der Waals surface area contributed by atoms with Crippen molar-refractivity contribution in [2.75, 3.05) is 44.2 Å². The Morgan fingerprint density at radius 2 is 1.84 bits per heavy atom. The van der Waals surface area contributed by atoms with Crippen molar-refractivity contribution >= 4 is 15.8 Å². The molecule has 0 unspecified atom stereocenters. The minimum atomic E-state index is -2.84. The van der Waals surface area contributed by atoms with Crippen LogP contribution in [-0.2, 0) is 16.4 Å². The van der Waals surface area contributed by atoms with E-state index in [1.54, 1.807) is 0 Å². The number of rotatable bonds is 8. The number of sulfone groups is 1. The molecule has 0 radical (unpaired) electrons. The van der Waals surface area contributed by atoms with Gasteiger partial charge in [-0.2, -0.15) is 0 Å². The number of nitrogens with one attached hydrogen (secondary N) is 2. The van der Waals surface area contributed by atoms with E-state index < -0.39 is 9.84 Å². The summed E-state index contributed by atoms with van der Waals surface area (Å²) in [4.78, 5) is 6.89. The molecule has 2 aromatic carbocycles. The Balaban J connectivity index is 1.59. The summed E-state index contributed by atoms with van der Waals surface area (Å²) in [6, 6.07) is 15.9. The highest BCUT2D eigenvalue weighted by Gasteiger charge is 2.20. The van der Waals surface area contributed by atoms with Crippen LogP contribution in [0, 0.1) is 6.92 Å². The van der Waals surface area contributed by atoms with E-state index in [9.17, 15) is 8.42 Å². The molecule has 3 rings (SSSR count). The number of guanidine groups is 1. The van der Waals surface area contributed by atoms with Crippen LogP contribution < -0.4 is 15.4 Å². The fraction of sp³-hybridized carbons (Fsp3) is 0.435. The molecule has 8 heteroatoms. The van der Waals surface area contributed by atoms with Crippen LogP contribution in [0.3, 0.4) is 0 Å². The average molecular weight is 445 g/mol. The zero-order chi connectivity index (χ0) is 22.1. The number of hydrogen-bond acceptors (Lipinski definition) is 5. The monoisotopic (exact) mass is 444 g/mol. The molecule has 7 nitrogen and oxygen atoms in total. The van der Waals surface area contributed by atoms with Crippen LogP contribution in [0.4, 0.5) is 0 Å². The van der Waals surface area contributed by atoms with E-state index in [2.05, 4.69) is 27.7 Å². The molecule has 0 saturated carbocycles. The second kappa shape index (κ2) is 11.2. The number of aryl methyl sites for hydroxylation is 1. The van der Waals surface area contributed by atoms with Crippen LogP contribution in [-0.4, -0.2) is 63.5 Å². The van der Waals surface area contributed by atoms with E-state index >= 15 is 0 Å². The maximum absolute atomic E-state index is 11.6. The largest absolute Gasteiger partial charge is 0.457 e. The smallest absolute Gasteiger partial charge is 0.191 e. The summed E-state index contributed by atoms with van der Waals surface area (Å²) >= 11 is 0. The maximum Gasteiger partial charge on any atom is 0.191 e. The second-order valence-corrected chi connectivity index (χ2v) is 9.95. The van der Waals surface area contributed by atoms with Gasteiger partial charge >= 0.3 is 0 Å². The number of aliphatic imine (C=N–C) groups is 1. The van der Waals surface area contributed by atoms with Gasteiger partial charge in [-0.25, -0.2) is 13.4 Å². The molecule has 31 heavy (non-hydrogen) atoms. The van der Waals surface area contributed by atoms with Crippen LogP contribution in [0.25, 0.3) is 0 Å². The van der Waals surface area contributed by atoms with E-state index in [1.807, 2.05) is 50.2 Å². The van der Waals surface area contributed by atoms with E-state index in [-0.39, 0.29) is 11.5 Å². The lowest BCUT2D eigenvalue weighted by Crippen LogP contribution is -2.45. The summed E-state index contributed by atoms with van der Waals surface area (Å²) in [6.45, 7) is 8.00. The van der Waals surface area contributed by atoms with Gasteiger partial charge in [0.05, 0.1) is 18.1 Å². The molecule has 0 aromatic heterocycles. The van der Waals surface area contributed by atoms with Crippen molar-refractivity contribution < 1.29 is 13.2 Å². The first-order chi connectivity index (χ1) is 14.9. The maximum atomic E-state index is 11.6.